The van der Waals surface area contributed by atoms with Gasteiger partial charge in [-0.25, -0.2) is 9.93 Å². The van der Waals surface area contributed by atoms with E-state index in [2.05, 4.69) is 5.32 Å². The molecule has 0 bridgehead atoms. The van der Waals surface area contributed by atoms with Gasteiger partial charge >= 0.3 is 5.97 Å². The molecule has 0 aliphatic carbocycles. The fourth-order valence-corrected chi connectivity index (χ4v) is 3.05. The van der Waals surface area contributed by atoms with Crippen LogP contribution in [0, 0.1) is 5.92 Å². The summed E-state index contributed by atoms with van der Waals surface area (Å²) in [5.41, 5.74) is 0. The zero-order valence-corrected chi connectivity index (χ0v) is 12.9. The van der Waals surface area contributed by atoms with Crippen LogP contribution < -0.4 is 10.5 Å². The molecule has 0 spiro atoms. The first-order valence-electron chi connectivity index (χ1n) is 7.06. The first kappa shape index (κ1) is 17.9. The molecule has 1 fully saturated rings. The van der Waals surface area contributed by atoms with Crippen molar-refractivity contribution in [3.8, 4) is 0 Å². The second-order valence-electron chi connectivity index (χ2n) is 5.26. The summed E-state index contributed by atoms with van der Waals surface area (Å²) in [5, 5.41) is 16.6. The number of carboxylic acids is 1. The minimum Gasteiger partial charge on any atom is -0.480 e. The largest absolute Gasteiger partial charge is 0.480 e. The highest BCUT2D eigenvalue weighted by molar-refractivity contribution is 7.86. The number of hydrogen-bond acceptors (Lipinski definition) is 4. The second-order valence-corrected chi connectivity index (χ2v) is 6.81. The molecule has 1 aliphatic rings. The van der Waals surface area contributed by atoms with Crippen molar-refractivity contribution in [2.75, 3.05) is 13.1 Å². The Bertz CT molecular complexity index is 471. The van der Waals surface area contributed by atoms with Gasteiger partial charge in [0.1, 0.15) is 6.04 Å². The number of hydrogen-bond donors (Lipinski definition) is 3. The third kappa shape index (κ3) is 5.60. The Kier molecular flexibility index (Phi) is 6.56. The monoisotopic (exact) mass is 321 g/mol. The lowest BCUT2D eigenvalue weighted by atomic mass is 9.96. The van der Waals surface area contributed by atoms with E-state index < -0.39 is 22.2 Å². The molecule has 21 heavy (non-hydrogen) atoms. The number of nitrogens with zero attached hydrogens (tertiary/aromatic N) is 1. The van der Waals surface area contributed by atoms with Crippen LogP contribution in [0.15, 0.2) is 0 Å². The van der Waals surface area contributed by atoms with Crippen LogP contribution in [0.25, 0.3) is 0 Å². The zero-order chi connectivity index (χ0) is 16.0. The average molecular weight is 321 g/mol. The number of rotatable bonds is 7. The number of nitrogens with two attached hydrogens (primary N) is 1. The van der Waals surface area contributed by atoms with E-state index in [1.165, 1.54) is 0 Å². The van der Waals surface area contributed by atoms with Gasteiger partial charge in [-0.2, -0.15) is 12.7 Å². The second kappa shape index (κ2) is 7.71. The standard InChI is InChI=1S/C12H23N3O5S/c1-2-3-4-10(12(17)18)14-11(16)9-5-7-15(8-6-9)21(13,19)20/h9-10H,2-8H2,1H3,(H,14,16)(H,17,18)(H2,13,19,20). The summed E-state index contributed by atoms with van der Waals surface area (Å²) in [6, 6.07) is -0.881. The van der Waals surface area contributed by atoms with Gasteiger partial charge in [0.15, 0.2) is 0 Å². The highest BCUT2D eigenvalue weighted by Gasteiger charge is 2.31. The topological polar surface area (TPSA) is 130 Å². The lowest BCUT2D eigenvalue weighted by molar-refractivity contribution is -0.142. The van der Waals surface area contributed by atoms with Crippen molar-refractivity contribution in [1.29, 1.82) is 0 Å². The Labute approximate surface area is 124 Å². The van der Waals surface area contributed by atoms with Crippen LogP contribution in [0.2, 0.25) is 0 Å². The quantitative estimate of drug-likeness (QED) is 0.590. The fourth-order valence-electron chi connectivity index (χ4n) is 2.33. The number of carboxylic acid groups (broad SMARTS) is 1. The number of aliphatic carboxylic acids is 1. The molecule has 1 amide bonds. The number of nitrogens with one attached hydrogen (secondary N) is 1. The highest BCUT2D eigenvalue weighted by Crippen LogP contribution is 2.19. The Balaban J connectivity index is 2.51. The van der Waals surface area contributed by atoms with Gasteiger partial charge in [0, 0.05) is 19.0 Å². The summed E-state index contributed by atoms with van der Waals surface area (Å²) < 4.78 is 23.5. The van der Waals surface area contributed by atoms with Gasteiger partial charge < -0.3 is 10.4 Å². The zero-order valence-electron chi connectivity index (χ0n) is 12.1. The molecule has 1 atom stereocenters. The Morgan fingerprint density at radius 3 is 2.38 bits per heavy atom. The van der Waals surface area contributed by atoms with E-state index in [1.807, 2.05) is 6.92 Å². The maximum absolute atomic E-state index is 12.1. The van der Waals surface area contributed by atoms with Crippen LogP contribution in [0.4, 0.5) is 0 Å². The van der Waals surface area contributed by atoms with Crippen LogP contribution in [0.1, 0.15) is 39.0 Å². The van der Waals surface area contributed by atoms with Crippen molar-refractivity contribution < 1.29 is 23.1 Å². The normalized spacial score (nSPS) is 19.1. The molecular weight excluding hydrogens is 298 g/mol. The van der Waals surface area contributed by atoms with E-state index in [1.54, 1.807) is 0 Å². The van der Waals surface area contributed by atoms with Gasteiger partial charge in [0.2, 0.25) is 5.91 Å². The van der Waals surface area contributed by atoms with Gasteiger partial charge in [-0.15, -0.1) is 0 Å². The van der Waals surface area contributed by atoms with Crippen molar-refractivity contribution in [3.63, 3.8) is 0 Å². The summed E-state index contributed by atoms with van der Waals surface area (Å²) in [6.45, 7) is 2.32. The van der Waals surface area contributed by atoms with E-state index in [0.29, 0.717) is 19.3 Å². The molecule has 0 aromatic rings. The van der Waals surface area contributed by atoms with Crippen molar-refractivity contribution in [2.24, 2.45) is 11.1 Å². The molecule has 1 unspecified atom stereocenters. The van der Waals surface area contributed by atoms with Crippen LogP contribution in [-0.4, -0.2) is 48.8 Å². The molecular formula is C12H23N3O5S. The Morgan fingerprint density at radius 1 is 1.38 bits per heavy atom. The van der Waals surface area contributed by atoms with Gasteiger partial charge in [-0.1, -0.05) is 19.8 Å². The van der Waals surface area contributed by atoms with E-state index in [4.69, 9.17) is 10.2 Å². The van der Waals surface area contributed by atoms with Gasteiger partial charge in [0.05, 0.1) is 0 Å². The molecule has 122 valence electrons. The minimum absolute atomic E-state index is 0.184. The number of carbonyl (C=O) groups is 2. The first-order chi connectivity index (χ1) is 9.75. The first-order valence-corrected chi connectivity index (χ1v) is 8.57. The maximum atomic E-state index is 12.1. The number of piperidine rings is 1. The summed E-state index contributed by atoms with van der Waals surface area (Å²) in [5.74, 6) is -1.74. The smallest absolute Gasteiger partial charge is 0.326 e. The minimum atomic E-state index is -3.72. The average Bonchev–Trinajstić information content (AvgIpc) is 2.42. The van der Waals surface area contributed by atoms with E-state index >= 15 is 0 Å². The van der Waals surface area contributed by atoms with Gasteiger partial charge in [0.25, 0.3) is 10.2 Å². The highest BCUT2D eigenvalue weighted by atomic mass is 32.2. The van der Waals surface area contributed by atoms with Crippen molar-refractivity contribution in [2.45, 2.75) is 45.1 Å². The van der Waals surface area contributed by atoms with Crippen LogP contribution in [0.5, 0.6) is 0 Å². The predicted octanol–water partition coefficient (Wildman–Crippen LogP) is -0.338. The maximum Gasteiger partial charge on any atom is 0.326 e. The van der Waals surface area contributed by atoms with Crippen molar-refractivity contribution in [1.82, 2.24) is 9.62 Å². The number of amides is 1. The van der Waals surface area contributed by atoms with E-state index in [0.717, 1.165) is 17.1 Å². The van der Waals surface area contributed by atoms with Crippen LogP contribution in [0.3, 0.4) is 0 Å². The molecule has 0 aromatic carbocycles. The van der Waals surface area contributed by atoms with Gasteiger partial charge in [-0.3, -0.25) is 4.79 Å². The SMILES string of the molecule is CCCCC(NC(=O)C1CCN(S(N)(=O)=O)CC1)C(=O)O. The summed E-state index contributed by atoms with van der Waals surface area (Å²) in [7, 11) is -3.72. The third-order valence-corrected chi connectivity index (χ3v) is 4.73. The predicted molar refractivity (Wildman–Crippen MR) is 76.5 cm³/mol. The number of unbranched alkanes of at least 4 members (excludes halogenated alkanes) is 1. The molecule has 1 heterocycles. The summed E-state index contributed by atoms with van der Waals surface area (Å²) in [6.07, 6.45) is 2.67. The molecule has 0 aromatic heterocycles. The van der Waals surface area contributed by atoms with E-state index in [-0.39, 0.29) is 24.9 Å². The third-order valence-electron chi connectivity index (χ3n) is 3.65. The molecule has 1 aliphatic heterocycles. The molecule has 0 saturated carbocycles. The fraction of sp³-hybridized carbons (Fsp3) is 0.833. The number of carbonyl (C=O) groups excluding carboxylic acids is 1. The van der Waals surface area contributed by atoms with E-state index in [9.17, 15) is 18.0 Å². The molecule has 4 N–H and O–H groups in total. The van der Waals surface area contributed by atoms with Crippen LogP contribution in [-0.2, 0) is 19.8 Å². The molecule has 0 radical (unpaired) electrons. The summed E-state index contributed by atoms with van der Waals surface area (Å²) >= 11 is 0. The molecule has 1 rings (SSSR count). The van der Waals surface area contributed by atoms with Crippen molar-refractivity contribution in [3.05, 3.63) is 0 Å². The lowest BCUT2D eigenvalue weighted by Gasteiger charge is -2.29. The summed E-state index contributed by atoms with van der Waals surface area (Å²) in [4.78, 5) is 23.1. The molecule has 1 saturated heterocycles. The molecule has 9 heteroatoms. The van der Waals surface area contributed by atoms with Gasteiger partial charge in [-0.05, 0) is 19.3 Å². The van der Waals surface area contributed by atoms with Crippen LogP contribution >= 0.6 is 0 Å². The van der Waals surface area contributed by atoms with Crippen molar-refractivity contribution >= 4 is 22.1 Å². The Hall–Kier alpha value is -1.19. The molecule has 8 nitrogen and oxygen atoms in total. The Morgan fingerprint density at radius 2 is 1.95 bits per heavy atom. The lowest BCUT2D eigenvalue weighted by Crippen LogP contribution is -2.48.